The minimum absolute atomic E-state index is 0.211. The van der Waals surface area contributed by atoms with Gasteiger partial charge in [-0.15, -0.1) is 0 Å². The van der Waals surface area contributed by atoms with Crippen LogP contribution in [0.15, 0.2) is 42.6 Å². The molecule has 1 aromatic heterocycles. The lowest BCUT2D eigenvalue weighted by Crippen LogP contribution is -2.37. The van der Waals surface area contributed by atoms with Gasteiger partial charge in [0.25, 0.3) is 5.91 Å². The minimum Gasteiger partial charge on any atom is -0.390 e. The first-order valence-electron chi connectivity index (χ1n) is 7.88. The van der Waals surface area contributed by atoms with Crippen LogP contribution in [0.3, 0.4) is 0 Å². The number of nitrogen functional groups attached to an aromatic ring is 1. The Labute approximate surface area is 147 Å². The van der Waals surface area contributed by atoms with Gasteiger partial charge in [-0.2, -0.15) is 0 Å². The Morgan fingerprint density at radius 3 is 2.44 bits per heavy atom. The average molecular weight is 338 g/mol. The molecule has 0 aliphatic rings. The summed E-state index contributed by atoms with van der Waals surface area (Å²) in [5.74, 6) is 6.23. The number of pyridine rings is 1. The molecule has 0 aliphatic carbocycles. The van der Waals surface area contributed by atoms with Gasteiger partial charge in [0.05, 0.1) is 6.10 Å². The number of likely N-dealkylation sites (N-methyl/N-ethyl adjacent to an activating group) is 1. The summed E-state index contributed by atoms with van der Waals surface area (Å²) in [6.45, 7) is 0.706. The van der Waals surface area contributed by atoms with E-state index < -0.39 is 6.10 Å². The highest BCUT2D eigenvalue weighted by Gasteiger charge is 2.09. The number of carbonyl (C=O) groups is 1. The molecule has 0 spiro atoms. The van der Waals surface area contributed by atoms with Crippen LogP contribution in [0.4, 0.5) is 5.82 Å². The maximum atomic E-state index is 12.1. The molecule has 0 saturated carbocycles. The van der Waals surface area contributed by atoms with E-state index in [4.69, 9.17) is 5.73 Å². The third kappa shape index (κ3) is 6.26. The van der Waals surface area contributed by atoms with Gasteiger partial charge in [0.1, 0.15) is 5.82 Å². The van der Waals surface area contributed by atoms with E-state index in [1.54, 1.807) is 42.6 Å². The Hall–Kier alpha value is -2.88. The molecule has 0 fully saturated rings. The highest BCUT2D eigenvalue weighted by atomic mass is 16.3. The molecular weight excluding hydrogens is 316 g/mol. The quantitative estimate of drug-likeness (QED) is 0.699. The lowest BCUT2D eigenvalue weighted by molar-refractivity contribution is 0.0892. The second-order valence-electron chi connectivity index (χ2n) is 5.93. The Balaban J connectivity index is 1.93. The number of nitrogens with zero attached hydrogens (tertiary/aromatic N) is 2. The Bertz CT molecular complexity index is 759. The van der Waals surface area contributed by atoms with Gasteiger partial charge >= 0.3 is 0 Å². The van der Waals surface area contributed by atoms with Crippen molar-refractivity contribution >= 4 is 11.7 Å². The van der Waals surface area contributed by atoms with Crippen molar-refractivity contribution in [2.45, 2.75) is 6.10 Å². The van der Waals surface area contributed by atoms with Gasteiger partial charge in [-0.1, -0.05) is 11.8 Å². The molecule has 2 rings (SSSR count). The van der Waals surface area contributed by atoms with Crippen LogP contribution < -0.4 is 11.1 Å². The van der Waals surface area contributed by atoms with Gasteiger partial charge in [0.15, 0.2) is 0 Å². The monoisotopic (exact) mass is 338 g/mol. The van der Waals surface area contributed by atoms with E-state index in [9.17, 15) is 9.90 Å². The van der Waals surface area contributed by atoms with E-state index in [1.807, 2.05) is 19.0 Å². The molecule has 1 amide bonds. The van der Waals surface area contributed by atoms with Crippen LogP contribution in [0.5, 0.6) is 0 Å². The molecule has 0 aliphatic heterocycles. The number of aliphatic hydroxyl groups excluding tert-OH is 1. The Kier molecular flexibility index (Phi) is 6.52. The van der Waals surface area contributed by atoms with Crippen molar-refractivity contribution in [1.29, 1.82) is 0 Å². The zero-order valence-electron chi connectivity index (χ0n) is 14.4. The van der Waals surface area contributed by atoms with Gasteiger partial charge in [0.2, 0.25) is 0 Å². The molecule has 6 heteroatoms. The number of hydrogen-bond acceptors (Lipinski definition) is 5. The Morgan fingerprint density at radius 1 is 1.20 bits per heavy atom. The fourth-order valence-electron chi connectivity index (χ4n) is 2.13. The highest BCUT2D eigenvalue weighted by molar-refractivity contribution is 5.94. The smallest absolute Gasteiger partial charge is 0.251 e. The maximum absolute atomic E-state index is 12.1. The second-order valence-corrected chi connectivity index (χ2v) is 5.93. The maximum Gasteiger partial charge on any atom is 0.251 e. The largest absolute Gasteiger partial charge is 0.390 e. The predicted molar refractivity (Wildman–Crippen MR) is 98.0 cm³/mol. The molecule has 1 unspecified atom stereocenters. The van der Waals surface area contributed by atoms with E-state index >= 15 is 0 Å². The number of rotatable bonds is 5. The van der Waals surface area contributed by atoms with E-state index in [0.29, 0.717) is 17.9 Å². The van der Waals surface area contributed by atoms with E-state index in [1.165, 1.54) is 0 Å². The molecule has 25 heavy (non-hydrogen) atoms. The van der Waals surface area contributed by atoms with Gasteiger partial charge in [-0.3, -0.25) is 4.79 Å². The summed E-state index contributed by atoms with van der Waals surface area (Å²) in [6, 6.07) is 10.5. The number of amides is 1. The lowest BCUT2D eigenvalue weighted by atomic mass is 10.1. The number of nitrogens with two attached hydrogens (primary N) is 1. The van der Waals surface area contributed by atoms with E-state index in [-0.39, 0.29) is 12.5 Å². The van der Waals surface area contributed by atoms with Crippen molar-refractivity contribution in [3.05, 3.63) is 59.3 Å². The normalized spacial score (nSPS) is 11.5. The van der Waals surface area contributed by atoms with Gasteiger partial charge < -0.3 is 21.1 Å². The summed E-state index contributed by atoms with van der Waals surface area (Å²) < 4.78 is 0. The number of hydrogen-bond donors (Lipinski definition) is 3. The van der Waals surface area contributed by atoms with Gasteiger partial charge in [-0.05, 0) is 50.5 Å². The molecule has 1 aromatic carbocycles. The summed E-state index contributed by atoms with van der Waals surface area (Å²) in [4.78, 5) is 17.9. The van der Waals surface area contributed by atoms with Crippen molar-refractivity contribution in [1.82, 2.24) is 15.2 Å². The molecule has 1 atom stereocenters. The summed E-state index contributed by atoms with van der Waals surface area (Å²) in [6.07, 6.45) is 1.01. The second kappa shape index (κ2) is 8.83. The summed E-state index contributed by atoms with van der Waals surface area (Å²) in [7, 11) is 3.73. The van der Waals surface area contributed by atoms with Crippen LogP contribution in [0.1, 0.15) is 21.5 Å². The fourth-order valence-corrected chi connectivity index (χ4v) is 2.13. The van der Waals surface area contributed by atoms with Crippen molar-refractivity contribution in [3.63, 3.8) is 0 Å². The fraction of sp³-hybridized carbons (Fsp3) is 0.263. The lowest BCUT2D eigenvalue weighted by Gasteiger charge is -2.16. The summed E-state index contributed by atoms with van der Waals surface area (Å²) >= 11 is 0. The third-order valence-electron chi connectivity index (χ3n) is 3.36. The molecule has 2 aromatic rings. The number of nitrogens with one attached hydrogen (secondary N) is 1. The van der Waals surface area contributed by atoms with Crippen LogP contribution in [-0.2, 0) is 0 Å². The third-order valence-corrected chi connectivity index (χ3v) is 3.36. The molecule has 130 valence electrons. The van der Waals surface area contributed by atoms with Crippen molar-refractivity contribution in [2.24, 2.45) is 0 Å². The molecule has 0 bridgehead atoms. The van der Waals surface area contributed by atoms with E-state index in [2.05, 4.69) is 22.1 Å². The first-order chi connectivity index (χ1) is 11.9. The van der Waals surface area contributed by atoms with Crippen molar-refractivity contribution in [2.75, 3.05) is 32.9 Å². The number of carbonyl (C=O) groups excluding carboxylic acids is 1. The van der Waals surface area contributed by atoms with Crippen LogP contribution in [0.25, 0.3) is 0 Å². The van der Waals surface area contributed by atoms with Crippen LogP contribution in [0.2, 0.25) is 0 Å². The standard InChI is InChI=1S/C19H22N4O2/c1-23(2)13-17(24)12-22-19(25)16-8-5-14(6-9-16)3-4-15-7-10-18(20)21-11-15/h5-11,17,24H,12-13H2,1-2H3,(H2,20,21)(H,22,25). The zero-order valence-corrected chi connectivity index (χ0v) is 14.4. The molecule has 0 saturated heterocycles. The predicted octanol–water partition coefficient (Wildman–Crippen LogP) is 0.716. The molecule has 4 N–H and O–H groups in total. The van der Waals surface area contributed by atoms with Gasteiger partial charge in [0, 0.05) is 36.0 Å². The number of anilines is 1. The topological polar surface area (TPSA) is 91.5 Å². The summed E-state index contributed by atoms with van der Waals surface area (Å²) in [5, 5.41) is 12.5. The SMILES string of the molecule is CN(C)CC(O)CNC(=O)c1ccc(C#Cc2ccc(N)nc2)cc1. The van der Waals surface area contributed by atoms with Crippen molar-refractivity contribution < 1.29 is 9.90 Å². The minimum atomic E-state index is -0.599. The summed E-state index contributed by atoms with van der Waals surface area (Å²) in [5.41, 5.74) is 7.62. The number of benzene rings is 1. The van der Waals surface area contributed by atoms with Crippen molar-refractivity contribution in [3.8, 4) is 11.8 Å². The number of aliphatic hydroxyl groups is 1. The molecule has 6 nitrogen and oxygen atoms in total. The molecule has 0 radical (unpaired) electrons. The van der Waals surface area contributed by atoms with Crippen LogP contribution in [0, 0.1) is 11.8 Å². The van der Waals surface area contributed by atoms with Crippen LogP contribution >= 0.6 is 0 Å². The molecular formula is C19H22N4O2. The zero-order chi connectivity index (χ0) is 18.2. The Morgan fingerprint density at radius 2 is 1.84 bits per heavy atom. The first-order valence-corrected chi connectivity index (χ1v) is 7.88. The number of aromatic nitrogens is 1. The van der Waals surface area contributed by atoms with E-state index in [0.717, 1.165) is 11.1 Å². The van der Waals surface area contributed by atoms with Crippen LogP contribution in [-0.4, -0.2) is 54.2 Å². The average Bonchev–Trinajstić information content (AvgIpc) is 2.59. The molecule has 1 heterocycles. The first kappa shape index (κ1) is 18.5. The highest BCUT2D eigenvalue weighted by Crippen LogP contribution is 2.05. The van der Waals surface area contributed by atoms with Gasteiger partial charge in [-0.25, -0.2) is 4.98 Å².